The van der Waals surface area contributed by atoms with Crippen LogP contribution in [-0.4, -0.2) is 29.1 Å². The van der Waals surface area contributed by atoms with Gasteiger partial charge in [0.15, 0.2) is 0 Å². The Kier molecular flexibility index (Phi) is 5.00. The Hall–Kier alpha value is -1.40. The van der Waals surface area contributed by atoms with E-state index in [1.165, 1.54) is 11.3 Å². The second-order valence-electron chi connectivity index (χ2n) is 5.07. The van der Waals surface area contributed by atoms with Gasteiger partial charge in [-0.1, -0.05) is 25.4 Å². The lowest BCUT2D eigenvalue weighted by Gasteiger charge is -2.07. The van der Waals surface area contributed by atoms with E-state index in [1.807, 2.05) is 6.92 Å². The summed E-state index contributed by atoms with van der Waals surface area (Å²) in [6.45, 7) is 8.91. The Labute approximate surface area is 132 Å². The number of esters is 1. The van der Waals surface area contributed by atoms with Crippen molar-refractivity contribution in [3.63, 3.8) is 0 Å². The van der Waals surface area contributed by atoms with E-state index in [9.17, 15) is 4.79 Å². The van der Waals surface area contributed by atoms with Crippen LogP contribution in [0.1, 0.15) is 36.0 Å². The summed E-state index contributed by atoms with van der Waals surface area (Å²) in [5, 5.41) is 4.22. The van der Waals surface area contributed by atoms with Gasteiger partial charge in [-0.05, 0) is 25.3 Å². The lowest BCUT2D eigenvalue weighted by molar-refractivity contribution is 0.0531. The molecule has 7 heteroatoms. The first kappa shape index (κ1) is 16.0. The highest BCUT2D eigenvalue weighted by Crippen LogP contribution is 2.34. The minimum atomic E-state index is -0.342. The van der Waals surface area contributed by atoms with Crippen LogP contribution in [0.4, 0.5) is 5.95 Å². The Bertz CT molecular complexity index is 670. The fourth-order valence-electron chi connectivity index (χ4n) is 1.86. The van der Waals surface area contributed by atoms with Gasteiger partial charge in [-0.25, -0.2) is 14.8 Å². The van der Waals surface area contributed by atoms with Gasteiger partial charge in [-0.15, -0.1) is 11.3 Å². The predicted octanol–water partition coefficient (Wildman–Crippen LogP) is 3.90. The van der Waals surface area contributed by atoms with Gasteiger partial charge < -0.3 is 10.1 Å². The lowest BCUT2D eigenvalue weighted by Crippen LogP contribution is -2.10. The van der Waals surface area contributed by atoms with E-state index in [2.05, 4.69) is 29.1 Å². The van der Waals surface area contributed by atoms with Crippen LogP contribution in [0.2, 0.25) is 5.15 Å². The van der Waals surface area contributed by atoms with Gasteiger partial charge >= 0.3 is 5.97 Å². The largest absolute Gasteiger partial charge is 0.462 e. The van der Waals surface area contributed by atoms with E-state index >= 15 is 0 Å². The minimum Gasteiger partial charge on any atom is -0.462 e. The Balaban J connectivity index is 2.42. The van der Waals surface area contributed by atoms with E-state index in [0.29, 0.717) is 33.3 Å². The topological polar surface area (TPSA) is 64.1 Å². The number of ether oxygens (including phenoxy) is 1. The van der Waals surface area contributed by atoms with Gasteiger partial charge in [-0.2, -0.15) is 0 Å². The molecule has 0 aliphatic carbocycles. The van der Waals surface area contributed by atoms with Crippen molar-refractivity contribution >= 4 is 45.1 Å². The molecule has 2 aromatic heterocycles. The summed E-state index contributed by atoms with van der Waals surface area (Å²) in [4.78, 5) is 21.8. The molecule has 0 saturated heterocycles. The maximum absolute atomic E-state index is 11.9. The van der Waals surface area contributed by atoms with Crippen LogP contribution in [0, 0.1) is 12.8 Å². The molecule has 1 N–H and O–H groups in total. The van der Waals surface area contributed by atoms with Crippen molar-refractivity contribution in [1.29, 1.82) is 0 Å². The summed E-state index contributed by atoms with van der Waals surface area (Å²) >= 11 is 7.53. The van der Waals surface area contributed by atoms with Crippen molar-refractivity contribution in [3.05, 3.63) is 15.6 Å². The molecule has 0 atom stereocenters. The maximum atomic E-state index is 11.9. The van der Waals surface area contributed by atoms with Crippen LogP contribution in [-0.2, 0) is 4.74 Å². The second-order valence-corrected chi connectivity index (χ2v) is 6.43. The van der Waals surface area contributed by atoms with Crippen LogP contribution < -0.4 is 5.32 Å². The number of carbonyl (C=O) groups is 1. The first-order valence-electron chi connectivity index (χ1n) is 6.81. The normalized spacial score (nSPS) is 11.1. The monoisotopic (exact) mass is 327 g/mol. The number of hydrogen-bond donors (Lipinski definition) is 1. The van der Waals surface area contributed by atoms with Gasteiger partial charge in [0.1, 0.15) is 14.9 Å². The summed E-state index contributed by atoms with van der Waals surface area (Å²) in [5.41, 5.74) is 0.772. The third kappa shape index (κ3) is 3.44. The molecule has 0 spiro atoms. The van der Waals surface area contributed by atoms with E-state index in [1.54, 1.807) is 6.92 Å². The molecule has 0 aliphatic rings. The maximum Gasteiger partial charge on any atom is 0.348 e. The highest BCUT2D eigenvalue weighted by molar-refractivity contribution is 7.20. The minimum absolute atomic E-state index is 0.340. The van der Waals surface area contributed by atoms with Gasteiger partial charge in [-0.3, -0.25) is 0 Å². The molecule has 114 valence electrons. The van der Waals surface area contributed by atoms with Crippen molar-refractivity contribution in [2.75, 3.05) is 18.5 Å². The molecule has 0 unspecified atom stereocenters. The number of aromatic nitrogens is 2. The number of fused-ring (bicyclic) bond motifs is 1. The Morgan fingerprint density at radius 3 is 2.76 bits per heavy atom. The quantitative estimate of drug-likeness (QED) is 0.666. The van der Waals surface area contributed by atoms with Gasteiger partial charge in [0, 0.05) is 6.54 Å². The van der Waals surface area contributed by atoms with E-state index in [-0.39, 0.29) is 5.97 Å². The van der Waals surface area contributed by atoms with Gasteiger partial charge in [0.25, 0.3) is 0 Å². The number of thiophene rings is 1. The zero-order valence-corrected chi connectivity index (χ0v) is 14.1. The number of nitrogens with zero attached hydrogens (tertiary/aromatic N) is 2. The summed E-state index contributed by atoms with van der Waals surface area (Å²) in [6.07, 6.45) is 0. The summed E-state index contributed by atoms with van der Waals surface area (Å²) < 4.78 is 5.05. The number of aryl methyl sites for hydroxylation is 1. The zero-order chi connectivity index (χ0) is 15.6. The fourth-order valence-corrected chi connectivity index (χ4v) is 3.30. The number of halogens is 1. The molecular weight excluding hydrogens is 310 g/mol. The lowest BCUT2D eigenvalue weighted by atomic mass is 10.2. The van der Waals surface area contributed by atoms with Crippen LogP contribution in [0.5, 0.6) is 0 Å². The molecule has 0 radical (unpaired) electrons. The molecule has 0 saturated carbocycles. The summed E-state index contributed by atoms with van der Waals surface area (Å²) in [7, 11) is 0. The average Bonchev–Trinajstić information content (AvgIpc) is 2.74. The Morgan fingerprint density at radius 1 is 1.43 bits per heavy atom. The summed E-state index contributed by atoms with van der Waals surface area (Å²) in [5.74, 6) is 0.617. The SMILES string of the molecule is CCOC(=O)c1sc2nc(NCC(C)C)nc(Cl)c2c1C. The number of carbonyl (C=O) groups excluding carboxylic acids is 1. The summed E-state index contributed by atoms with van der Waals surface area (Å²) in [6, 6.07) is 0. The predicted molar refractivity (Wildman–Crippen MR) is 86.4 cm³/mol. The molecule has 0 aromatic carbocycles. The molecule has 0 bridgehead atoms. The van der Waals surface area contributed by atoms with Crippen LogP contribution in [0.25, 0.3) is 10.2 Å². The molecule has 21 heavy (non-hydrogen) atoms. The highest BCUT2D eigenvalue weighted by Gasteiger charge is 2.20. The molecule has 0 aliphatic heterocycles. The van der Waals surface area contributed by atoms with Crippen molar-refractivity contribution in [1.82, 2.24) is 9.97 Å². The van der Waals surface area contributed by atoms with E-state index in [0.717, 1.165) is 17.5 Å². The van der Waals surface area contributed by atoms with Crippen molar-refractivity contribution < 1.29 is 9.53 Å². The fraction of sp³-hybridized carbons (Fsp3) is 0.500. The second kappa shape index (κ2) is 6.58. The molecular formula is C14H18ClN3O2S. The number of nitrogens with one attached hydrogen (secondary N) is 1. The molecule has 2 aromatic rings. The van der Waals surface area contributed by atoms with Gasteiger partial charge in [0.2, 0.25) is 5.95 Å². The zero-order valence-electron chi connectivity index (χ0n) is 12.5. The first-order chi connectivity index (χ1) is 9.93. The molecule has 2 heterocycles. The van der Waals surface area contributed by atoms with Crippen molar-refractivity contribution in [2.45, 2.75) is 27.7 Å². The van der Waals surface area contributed by atoms with Crippen molar-refractivity contribution in [3.8, 4) is 0 Å². The average molecular weight is 328 g/mol. The van der Waals surface area contributed by atoms with Crippen LogP contribution >= 0.6 is 22.9 Å². The van der Waals surface area contributed by atoms with E-state index < -0.39 is 0 Å². The first-order valence-corrected chi connectivity index (χ1v) is 8.01. The standard InChI is InChI=1S/C14H18ClN3O2S/c1-5-20-13(19)10-8(4)9-11(15)17-14(16-6-7(2)3)18-12(9)21-10/h7H,5-6H2,1-4H3,(H,16,17,18). The molecule has 5 nitrogen and oxygen atoms in total. The van der Waals surface area contributed by atoms with Gasteiger partial charge in [0.05, 0.1) is 12.0 Å². The van der Waals surface area contributed by atoms with Crippen LogP contribution in [0.3, 0.4) is 0 Å². The third-order valence-electron chi connectivity index (χ3n) is 2.88. The third-order valence-corrected chi connectivity index (χ3v) is 4.31. The van der Waals surface area contributed by atoms with E-state index in [4.69, 9.17) is 16.3 Å². The molecule has 0 fully saturated rings. The van der Waals surface area contributed by atoms with Crippen LogP contribution in [0.15, 0.2) is 0 Å². The number of rotatable bonds is 5. The highest BCUT2D eigenvalue weighted by atomic mass is 35.5. The number of hydrogen-bond acceptors (Lipinski definition) is 6. The smallest absolute Gasteiger partial charge is 0.348 e. The molecule has 2 rings (SSSR count). The molecule has 0 amide bonds. The number of anilines is 1. The Morgan fingerprint density at radius 2 is 2.14 bits per heavy atom. The van der Waals surface area contributed by atoms with Crippen molar-refractivity contribution in [2.24, 2.45) is 5.92 Å².